The van der Waals surface area contributed by atoms with Crippen LogP contribution in [0.5, 0.6) is 0 Å². The van der Waals surface area contributed by atoms with E-state index in [9.17, 15) is 0 Å². The van der Waals surface area contributed by atoms with Gasteiger partial charge in [0.15, 0.2) is 0 Å². The highest BCUT2D eigenvalue weighted by atomic mass is 79.9. The molecule has 0 aliphatic carbocycles. The molecule has 4 heteroatoms. The SMILES string of the molecule is Brc1cccc(-n2c3ccccc3n3c4ccccc4nc23)c1. The van der Waals surface area contributed by atoms with Gasteiger partial charge in [0.1, 0.15) is 0 Å². The molecule has 3 aromatic carbocycles. The molecule has 0 unspecified atom stereocenters. The van der Waals surface area contributed by atoms with Crippen LogP contribution in [-0.4, -0.2) is 14.0 Å². The molecule has 2 heterocycles. The Hall–Kier alpha value is -2.59. The van der Waals surface area contributed by atoms with Gasteiger partial charge in [-0.25, -0.2) is 4.98 Å². The van der Waals surface area contributed by atoms with Crippen molar-refractivity contribution in [1.29, 1.82) is 0 Å². The molecule has 0 saturated heterocycles. The average Bonchev–Trinajstić information content (AvgIpc) is 3.09. The van der Waals surface area contributed by atoms with Gasteiger partial charge in [-0.15, -0.1) is 0 Å². The van der Waals surface area contributed by atoms with Gasteiger partial charge in [0.05, 0.1) is 27.8 Å². The first-order valence-corrected chi connectivity index (χ1v) is 8.25. The fourth-order valence-corrected chi connectivity index (χ4v) is 3.61. The van der Waals surface area contributed by atoms with Crippen LogP contribution in [0.4, 0.5) is 0 Å². The molecule has 110 valence electrons. The summed E-state index contributed by atoms with van der Waals surface area (Å²) >= 11 is 3.57. The maximum atomic E-state index is 4.87. The van der Waals surface area contributed by atoms with Crippen molar-refractivity contribution in [1.82, 2.24) is 14.0 Å². The van der Waals surface area contributed by atoms with Crippen molar-refractivity contribution >= 4 is 43.8 Å². The molecule has 2 aromatic heterocycles. The Morgan fingerprint density at radius 3 is 2.30 bits per heavy atom. The summed E-state index contributed by atoms with van der Waals surface area (Å²) in [6.45, 7) is 0. The van der Waals surface area contributed by atoms with Gasteiger partial charge in [0.2, 0.25) is 5.78 Å². The molecule has 0 bridgehead atoms. The quantitative estimate of drug-likeness (QED) is 0.402. The molecule has 0 atom stereocenters. The van der Waals surface area contributed by atoms with Crippen molar-refractivity contribution in [2.75, 3.05) is 0 Å². The Balaban J connectivity index is 2.04. The average molecular weight is 362 g/mol. The maximum absolute atomic E-state index is 4.87. The Bertz CT molecular complexity index is 1180. The molecule has 3 nitrogen and oxygen atoms in total. The Morgan fingerprint density at radius 2 is 1.48 bits per heavy atom. The summed E-state index contributed by atoms with van der Waals surface area (Å²) < 4.78 is 5.49. The van der Waals surface area contributed by atoms with Gasteiger partial charge >= 0.3 is 0 Å². The third-order valence-electron chi connectivity index (χ3n) is 4.17. The van der Waals surface area contributed by atoms with Crippen molar-refractivity contribution in [3.05, 3.63) is 77.3 Å². The first-order chi connectivity index (χ1) is 11.3. The summed E-state index contributed by atoms with van der Waals surface area (Å²) in [5.41, 5.74) is 5.56. The Morgan fingerprint density at radius 1 is 0.739 bits per heavy atom. The minimum absolute atomic E-state index is 0.936. The highest BCUT2D eigenvalue weighted by Crippen LogP contribution is 2.29. The van der Waals surface area contributed by atoms with Crippen LogP contribution >= 0.6 is 15.9 Å². The van der Waals surface area contributed by atoms with Crippen LogP contribution in [0.1, 0.15) is 0 Å². The fourth-order valence-electron chi connectivity index (χ4n) is 3.22. The predicted molar refractivity (Wildman–Crippen MR) is 97.2 cm³/mol. The molecule has 0 fully saturated rings. The molecule has 0 radical (unpaired) electrons. The second-order valence-electron chi connectivity index (χ2n) is 5.54. The summed E-state index contributed by atoms with van der Waals surface area (Å²) in [6.07, 6.45) is 0. The number of benzene rings is 3. The number of rotatable bonds is 1. The van der Waals surface area contributed by atoms with Crippen LogP contribution in [-0.2, 0) is 0 Å². The summed E-state index contributed by atoms with van der Waals surface area (Å²) in [4.78, 5) is 4.87. The van der Waals surface area contributed by atoms with Crippen LogP contribution < -0.4 is 0 Å². The number of hydrogen-bond acceptors (Lipinski definition) is 1. The minimum Gasteiger partial charge on any atom is -0.278 e. The van der Waals surface area contributed by atoms with Crippen LogP contribution in [0, 0.1) is 0 Å². The predicted octanol–water partition coefficient (Wildman–Crippen LogP) is 5.19. The van der Waals surface area contributed by atoms with Crippen molar-refractivity contribution in [2.24, 2.45) is 0 Å². The van der Waals surface area contributed by atoms with Crippen LogP contribution in [0.15, 0.2) is 77.3 Å². The number of halogens is 1. The van der Waals surface area contributed by atoms with E-state index in [0.29, 0.717) is 0 Å². The summed E-state index contributed by atoms with van der Waals surface area (Å²) in [6, 6.07) is 25.0. The van der Waals surface area contributed by atoms with Crippen molar-refractivity contribution in [2.45, 2.75) is 0 Å². The van der Waals surface area contributed by atoms with Crippen molar-refractivity contribution < 1.29 is 0 Å². The summed E-state index contributed by atoms with van der Waals surface area (Å²) in [7, 11) is 0. The van der Waals surface area contributed by atoms with E-state index in [-0.39, 0.29) is 0 Å². The summed E-state index contributed by atoms with van der Waals surface area (Å²) in [5, 5.41) is 0. The molecule has 0 spiro atoms. The van der Waals surface area contributed by atoms with E-state index in [1.54, 1.807) is 0 Å². The molecule has 0 aliphatic rings. The monoisotopic (exact) mass is 361 g/mol. The lowest BCUT2D eigenvalue weighted by Gasteiger charge is -2.05. The summed E-state index contributed by atoms with van der Waals surface area (Å²) in [5.74, 6) is 0.936. The van der Waals surface area contributed by atoms with E-state index in [0.717, 1.165) is 38.0 Å². The zero-order chi connectivity index (χ0) is 15.4. The molecular formula is C19H12BrN3. The lowest BCUT2D eigenvalue weighted by Crippen LogP contribution is -1.94. The van der Waals surface area contributed by atoms with Gasteiger partial charge in [-0.1, -0.05) is 46.3 Å². The molecule has 5 aromatic rings. The first kappa shape index (κ1) is 12.9. The lowest BCUT2D eigenvalue weighted by molar-refractivity contribution is 1.11. The Labute approximate surface area is 140 Å². The molecule has 23 heavy (non-hydrogen) atoms. The molecule has 0 saturated carbocycles. The first-order valence-electron chi connectivity index (χ1n) is 7.45. The highest BCUT2D eigenvalue weighted by molar-refractivity contribution is 9.10. The third kappa shape index (κ3) is 1.79. The lowest BCUT2D eigenvalue weighted by atomic mass is 10.2. The van der Waals surface area contributed by atoms with E-state index < -0.39 is 0 Å². The van der Waals surface area contributed by atoms with Gasteiger partial charge in [-0.05, 0) is 42.5 Å². The Kier molecular flexibility index (Phi) is 2.64. The molecule has 0 N–H and O–H groups in total. The van der Waals surface area contributed by atoms with Crippen molar-refractivity contribution in [3.63, 3.8) is 0 Å². The minimum atomic E-state index is 0.936. The van der Waals surface area contributed by atoms with E-state index in [4.69, 9.17) is 4.98 Å². The van der Waals surface area contributed by atoms with Crippen molar-refractivity contribution in [3.8, 4) is 5.69 Å². The molecule has 0 aliphatic heterocycles. The molecular weight excluding hydrogens is 350 g/mol. The number of hydrogen-bond donors (Lipinski definition) is 0. The number of para-hydroxylation sites is 4. The van der Waals surface area contributed by atoms with Crippen LogP contribution in [0.3, 0.4) is 0 Å². The molecule has 5 rings (SSSR count). The van der Waals surface area contributed by atoms with Gasteiger partial charge in [0.25, 0.3) is 0 Å². The highest BCUT2D eigenvalue weighted by Gasteiger charge is 2.16. The van der Waals surface area contributed by atoms with Gasteiger partial charge in [-0.3, -0.25) is 8.97 Å². The molecule has 0 amide bonds. The zero-order valence-corrected chi connectivity index (χ0v) is 13.7. The third-order valence-corrected chi connectivity index (χ3v) is 4.67. The van der Waals surface area contributed by atoms with E-state index in [1.807, 2.05) is 18.2 Å². The topological polar surface area (TPSA) is 22.2 Å². The van der Waals surface area contributed by atoms with E-state index in [2.05, 4.69) is 79.5 Å². The van der Waals surface area contributed by atoms with Gasteiger partial charge < -0.3 is 0 Å². The normalized spacial score (nSPS) is 11.7. The second-order valence-corrected chi connectivity index (χ2v) is 6.46. The smallest absolute Gasteiger partial charge is 0.220 e. The van der Waals surface area contributed by atoms with E-state index in [1.165, 1.54) is 0 Å². The second kappa shape index (κ2) is 4.70. The van der Waals surface area contributed by atoms with E-state index >= 15 is 0 Å². The number of aromatic nitrogens is 3. The van der Waals surface area contributed by atoms with Gasteiger partial charge in [-0.2, -0.15) is 0 Å². The van der Waals surface area contributed by atoms with Crippen LogP contribution in [0.25, 0.3) is 33.5 Å². The number of imidazole rings is 2. The number of fused-ring (bicyclic) bond motifs is 5. The fraction of sp³-hybridized carbons (Fsp3) is 0. The largest absolute Gasteiger partial charge is 0.278 e. The van der Waals surface area contributed by atoms with Gasteiger partial charge in [0, 0.05) is 4.47 Å². The number of nitrogens with zero attached hydrogens (tertiary/aromatic N) is 3. The van der Waals surface area contributed by atoms with Crippen LogP contribution in [0.2, 0.25) is 0 Å². The zero-order valence-electron chi connectivity index (χ0n) is 12.1. The standard InChI is InChI=1S/C19H12BrN3/c20-13-6-5-7-14(12-13)22-17-10-3-4-11-18(17)23-16-9-2-1-8-15(16)21-19(22)23/h1-12H. The maximum Gasteiger partial charge on any atom is 0.220 e.